The molecule has 1 aliphatic rings. The summed E-state index contributed by atoms with van der Waals surface area (Å²) in [6, 6.07) is 17.5. The van der Waals surface area contributed by atoms with E-state index in [9.17, 15) is 21.9 Å². The Balaban J connectivity index is 1.77. The summed E-state index contributed by atoms with van der Waals surface area (Å²) < 4.78 is 74.0. The maximum absolute atomic E-state index is 13.8. The first-order valence-corrected chi connectivity index (χ1v) is 16.0. The summed E-state index contributed by atoms with van der Waals surface area (Å²) in [7, 11) is -3.43. The van der Waals surface area contributed by atoms with Crippen LogP contribution >= 0.6 is 0 Å². The van der Waals surface area contributed by atoms with Gasteiger partial charge in [0.2, 0.25) is 20.0 Å². The predicted octanol–water partition coefficient (Wildman–Crippen LogP) is 3.46. The Kier molecular flexibility index (Phi) is 9.29. The molecule has 0 amide bonds. The first kappa shape index (κ1) is 30.8. The molecule has 0 aromatic heterocycles. The molecule has 0 saturated heterocycles. The number of nitrogens with zero attached hydrogens (tertiary/aromatic N) is 2. The lowest BCUT2D eigenvalue weighted by Crippen LogP contribution is -2.50. The van der Waals surface area contributed by atoms with E-state index >= 15 is 0 Å². The molecule has 0 spiro atoms. The lowest BCUT2D eigenvalue weighted by molar-refractivity contribution is 0.0905. The van der Waals surface area contributed by atoms with Crippen molar-refractivity contribution in [1.82, 2.24) is 8.61 Å². The second kappa shape index (κ2) is 12.4. The van der Waals surface area contributed by atoms with Gasteiger partial charge in [-0.25, -0.2) is 16.8 Å². The number of likely N-dealkylation sites (N-methyl/N-ethyl adjacent to an activating group) is 1. The second-order valence-corrected chi connectivity index (χ2v) is 14.0. The number of aliphatic hydroxyl groups is 1. The molecular weight excluding hydrogens is 568 g/mol. The predicted molar refractivity (Wildman–Crippen MR) is 155 cm³/mol. The van der Waals surface area contributed by atoms with E-state index in [0.717, 1.165) is 5.56 Å². The maximum Gasteiger partial charge on any atom is 0.247 e. The van der Waals surface area contributed by atoms with Crippen molar-refractivity contribution < 1.29 is 36.2 Å². The molecule has 41 heavy (non-hydrogen) atoms. The van der Waals surface area contributed by atoms with Crippen LogP contribution in [0.4, 0.5) is 0 Å². The molecule has 3 atom stereocenters. The largest absolute Gasteiger partial charge is 0.497 e. The molecule has 0 radical (unpaired) electrons. The van der Waals surface area contributed by atoms with Crippen LogP contribution in [0.25, 0.3) is 11.1 Å². The van der Waals surface area contributed by atoms with Crippen molar-refractivity contribution >= 4 is 20.0 Å². The summed E-state index contributed by atoms with van der Waals surface area (Å²) in [5.74, 6) is 0.794. The number of hydrogen-bond acceptors (Lipinski definition) is 8. The van der Waals surface area contributed by atoms with Crippen molar-refractivity contribution in [2.75, 3.05) is 41.0 Å². The van der Waals surface area contributed by atoms with Crippen LogP contribution in [0.15, 0.2) is 76.5 Å². The third-order valence-electron chi connectivity index (χ3n) is 7.29. The molecule has 1 N–H and O–H groups in total. The third-order valence-corrected chi connectivity index (χ3v) is 11.1. The fraction of sp³-hybridized carbons (Fsp3) is 0.379. The average Bonchev–Trinajstić information content (AvgIpc) is 2.98. The minimum absolute atomic E-state index is 0.0266. The number of aliphatic hydroxyl groups excluding tert-OH is 1. The van der Waals surface area contributed by atoms with E-state index in [1.165, 1.54) is 41.0 Å². The van der Waals surface area contributed by atoms with Crippen molar-refractivity contribution in [1.29, 1.82) is 0 Å². The molecule has 222 valence electrons. The van der Waals surface area contributed by atoms with Crippen molar-refractivity contribution in [2.24, 2.45) is 5.92 Å². The molecule has 0 aliphatic carbocycles. The quantitative estimate of drug-likeness (QED) is 0.394. The van der Waals surface area contributed by atoms with Crippen LogP contribution in [0.3, 0.4) is 0 Å². The molecule has 12 heteroatoms. The SMILES string of the molecule is COc1ccc(S(=O)(=O)N(C)C[C@H]2Oc3cc(-c4ccccc4OC)ccc3S(=O)(=O)N([C@H](C)CO)C[C@H]2C)cc1. The van der Waals surface area contributed by atoms with E-state index in [1.807, 2.05) is 18.2 Å². The van der Waals surface area contributed by atoms with Crippen LogP contribution in [-0.4, -0.2) is 83.7 Å². The van der Waals surface area contributed by atoms with Crippen LogP contribution in [-0.2, 0) is 20.0 Å². The molecular formula is C29H36N2O8S2. The highest BCUT2D eigenvalue weighted by Gasteiger charge is 2.39. The molecule has 4 rings (SSSR count). The molecule has 3 aromatic carbocycles. The minimum Gasteiger partial charge on any atom is -0.497 e. The van der Waals surface area contributed by atoms with Crippen molar-refractivity contribution in [3.8, 4) is 28.4 Å². The van der Waals surface area contributed by atoms with Gasteiger partial charge in [-0.3, -0.25) is 0 Å². The van der Waals surface area contributed by atoms with Gasteiger partial charge < -0.3 is 19.3 Å². The Bertz CT molecular complexity index is 1580. The van der Waals surface area contributed by atoms with Crippen LogP contribution in [0.5, 0.6) is 17.2 Å². The Morgan fingerprint density at radius 3 is 2.39 bits per heavy atom. The summed E-state index contributed by atoms with van der Waals surface area (Å²) >= 11 is 0. The highest BCUT2D eigenvalue weighted by Crippen LogP contribution is 2.39. The van der Waals surface area contributed by atoms with E-state index < -0.39 is 38.1 Å². The van der Waals surface area contributed by atoms with Gasteiger partial charge in [-0.1, -0.05) is 31.2 Å². The zero-order valence-corrected chi connectivity index (χ0v) is 25.4. The van der Waals surface area contributed by atoms with Gasteiger partial charge in [0.15, 0.2) is 0 Å². The van der Waals surface area contributed by atoms with E-state index in [-0.39, 0.29) is 35.2 Å². The number of fused-ring (bicyclic) bond motifs is 1. The van der Waals surface area contributed by atoms with Crippen LogP contribution < -0.4 is 14.2 Å². The summed E-state index contributed by atoms with van der Waals surface area (Å²) in [6.45, 7) is 3.04. The fourth-order valence-electron chi connectivity index (χ4n) is 4.77. The van der Waals surface area contributed by atoms with Gasteiger partial charge in [0.05, 0.1) is 32.3 Å². The molecule has 10 nitrogen and oxygen atoms in total. The van der Waals surface area contributed by atoms with Gasteiger partial charge in [-0.05, 0) is 55.0 Å². The Morgan fingerprint density at radius 2 is 1.76 bits per heavy atom. The number of methoxy groups -OCH3 is 2. The molecule has 1 heterocycles. The lowest BCUT2D eigenvalue weighted by Gasteiger charge is -2.37. The van der Waals surface area contributed by atoms with Crippen LogP contribution in [0.2, 0.25) is 0 Å². The Hall–Kier alpha value is -3.16. The number of rotatable bonds is 9. The van der Waals surface area contributed by atoms with E-state index in [2.05, 4.69) is 0 Å². The number of benzene rings is 3. The number of para-hydroxylation sites is 1. The molecule has 0 bridgehead atoms. The smallest absolute Gasteiger partial charge is 0.247 e. The van der Waals surface area contributed by atoms with Gasteiger partial charge in [-0.2, -0.15) is 8.61 Å². The highest BCUT2D eigenvalue weighted by molar-refractivity contribution is 7.89. The average molecular weight is 605 g/mol. The molecule has 0 saturated carbocycles. The lowest BCUT2D eigenvalue weighted by atomic mass is 10.0. The minimum atomic E-state index is -4.06. The van der Waals surface area contributed by atoms with Gasteiger partial charge in [0.1, 0.15) is 28.2 Å². The van der Waals surface area contributed by atoms with Gasteiger partial charge in [-0.15, -0.1) is 0 Å². The monoisotopic (exact) mass is 604 g/mol. The zero-order valence-electron chi connectivity index (χ0n) is 23.7. The van der Waals surface area contributed by atoms with Crippen LogP contribution in [0.1, 0.15) is 13.8 Å². The molecule has 1 aliphatic heterocycles. The number of hydrogen-bond donors (Lipinski definition) is 1. The Morgan fingerprint density at radius 1 is 1.07 bits per heavy atom. The number of ether oxygens (including phenoxy) is 3. The Labute approximate surface area is 242 Å². The van der Waals surface area contributed by atoms with Crippen molar-refractivity contribution in [3.63, 3.8) is 0 Å². The van der Waals surface area contributed by atoms with E-state index in [4.69, 9.17) is 14.2 Å². The second-order valence-electron chi connectivity index (χ2n) is 10.1. The highest BCUT2D eigenvalue weighted by atomic mass is 32.2. The topological polar surface area (TPSA) is 123 Å². The summed E-state index contributed by atoms with van der Waals surface area (Å²) in [5, 5.41) is 9.90. The third kappa shape index (κ3) is 6.21. The molecule has 0 unspecified atom stereocenters. The maximum atomic E-state index is 13.8. The van der Waals surface area contributed by atoms with E-state index in [1.54, 1.807) is 51.3 Å². The van der Waals surface area contributed by atoms with Crippen LogP contribution in [0, 0.1) is 5.92 Å². The fourth-order valence-corrected chi connectivity index (χ4v) is 7.78. The molecule has 0 fully saturated rings. The summed E-state index contributed by atoms with van der Waals surface area (Å²) in [4.78, 5) is 0.0327. The summed E-state index contributed by atoms with van der Waals surface area (Å²) in [6.07, 6.45) is -0.719. The van der Waals surface area contributed by atoms with Gasteiger partial charge in [0, 0.05) is 31.1 Å². The standard InChI is InChI=1S/C29H36N2O8S2/c1-20-17-31(21(2)19-32)41(35,36)29-15-10-22(25-8-6-7-9-26(25)38-5)16-27(29)39-28(20)18-30(3)40(33,34)24-13-11-23(37-4)12-14-24/h6-16,20-21,28,32H,17-19H2,1-5H3/t20-,21-,28-/m1/s1. The van der Waals surface area contributed by atoms with E-state index in [0.29, 0.717) is 17.1 Å². The first-order valence-electron chi connectivity index (χ1n) is 13.1. The summed E-state index contributed by atoms with van der Waals surface area (Å²) in [5.41, 5.74) is 1.41. The first-order chi connectivity index (χ1) is 19.4. The normalized spacial score (nSPS) is 19.9. The van der Waals surface area contributed by atoms with Gasteiger partial charge in [0.25, 0.3) is 0 Å². The van der Waals surface area contributed by atoms with Crippen molar-refractivity contribution in [2.45, 2.75) is 35.8 Å². The number of sulfonamides is 2. The van der Waals surface area contributed by atoms with Crippen molar-refractivity contribution in [3.05, 3.63) is 66.7 Å². The zero-order chi connectivity index (χ0) is 29.9. The molecule has 3 aromatic rings. The van der Waals surface area contributed by atoms with Gasteiger partial charge >= 0.3 is 0 Å².